The minimum atomic E-state index is -0.525. The van der Waals surface area contributed by atoms with Crippen molar-refractivity contribution in [2.45, 2.75) is 38.1 Å². The van der Waals surface area contributed by atoms with Crippen molar-refractivity contribution in [1.29, 1.82) is 0 Å². The topological polar surface area (TPSA) is 113 Å². The Hall–Kier alpha value is -5.00. The average molecular weight is 657 g/mol. The van der Waals surface area contributed by atoms with Gasteiger partial charge in [-0.15, -0.1) is 0 Å². The summed E-state index contributed by atoms with van der Waals surface area (Å²) in [6, 6.07) is 29.9. The standard InChI is InChI=1S/C39H40N6O4/c46-27-28-7-9-31(10-8-28)36-23-35(26-44-18-20-45(21-19-44)39-41-16-3-17-42-39)48-38(49-36)32-13-11-30(12-14-32)33-5-1-4-29(22-33)24-43-37(47)34-6-2-15-40-25-34/h1-17,22,25,35-36,38,46H,18-21,23-24,26-27H2,(H,43,47). The Morgan fingerprint density at radius 1 is 0.796 bits per heavy atom. The normalized spacial score (nSPS) is 19.8. The lowest BCUT2D eigenvalue weighted by molar-refractivity contribution is -0.253. The van der Waals surface area contributed by atoms with Crippen LogP contribution in [0.3, 0.4) is 0 Å². The molecule has 2 N–H and O–H groups in total. The Labute approximate surface area is 286 Å². The zero-order chi connectivity index (χ0) is 33.4. The summed E-state index contributed by atoms with van der Waals surface area (Å²) in [5.74, 6) is 0.624. The molecule has 0 saturated carbocycles. The summed E-state index contributed by atoms with van der Waals surface area (Å²) in [6.45, 7) is 4.76. The number of aliphatic hydroxyl groups excluding tert-OH is 1. The molecule has 49 heavy (non-hydrogen) atoms. The fourth-order valence-corrected chi connectivity index (χ4v) is 6.38. The lowest BCUT2D eigenvalue weighted by atomic mass is 9.98. The van der Waals surface area contributed by atoms with E-state index < -0.39 is 6.29 Å². The number of carbonyl (C=O) groups excluding carboxylic acids is 1. The molecule has 2 aliphatic rings. The zero-order valence-corrected chi connectivity index (χ0v) is 27.3. The zero-order valence-electron chi connectivity index (χ0n) is 27.3. The number of piperazine rings is 1. The average Bonchev–Trinajstić information content (AvgIpc) is 3.18. The van der Waals surface area contributed by atoms with Gasteiger partial charge in [-0.2, -0.15) is 0 Å². The van der Waals surface area contributed by atoms with Gasteiger partial charge in [-0.25, -0.2) is 9.97 Å². The molecular formula is C39H40N6O4. The van der Waals surface area contributed by atoms with E-state index >= 15 is 0 Å². The second-order valence-electron chi connectivity index (χ2n) is 12.4. The molecule has 1 amide bonds. The molecule has 10 heteroatoms. The summed E-state index contributed by atoms with van der Waals surface area (Å²) >= 11 is 0. The Morgan fingerprint density at radius 2 is 1.57 bits per heavy atom. The lowest BCUT2D eigenvalue weighted by Gasteiger charge is -2.40. The van der Waals surface area contributed by atoms with Crippen molar-refractivity contribution in [2.75, 3.05) is 37.6 Å². The number of anilines is 1. The molecular weight excluding hydrogens is 616 g/mol. The number of rotatable bonds is 10. The number of ether oxygens (including phenoxy) is 2. The van der Waals surface area contributed by atoms with E-state index in [1.54, 1.807) is 36.9 Å². The largest absolute Gasteiger partial charge is 0.392 e. The van der Waals surface area contributed by atoms with Crippen LogP contribution in [-0.4, -0.2) is 69.7 Å². The first-order chi connectivity index (χ1) is 24.1. The van der Waals surface area contributed by atoms with E-state index in [-0.39, 0.29) is 24.7 Å². The first-order valence-corrected chi connectivity index (χ1v) is 16.7. The molecule has 3 atom stereocenters. The van der Waals surface area contributed by atoms with Crippen LogP contribution in [-0.2, 0) is 22.6 Å². The summed E-state index contributed by atoms with van der Waals surface area (Å²) in [4.78, 5) is 30.1. The predicted molar refractivity (Wildman–Crippen MR) is 186 cm³/mol. The monoisotopic (exact) mass is 656 g/mol. The van der Waals surface area contributed by atoms with Gasteiger partial charge in [-0.05, 0) is 52.1 Å². The maximum absolute atomic E-state index is 12.5. The molecule has 5 aromatic rings. The third-order valence-corrected chi connectivity index (χ3v) is 9.10. The summed E-state index contributed by atoms with van der Waals surface area (Å²) in [5.41, 5.74) is 6.57. The second-order valence-corrected chi connectivity index (χ2v) is 12.4. The summed E-state index contributed by atoms with van der Waals surface area (Å²) in [5, 5.41) is 12.5. The van der Waals surface area contributed by atoms with E-state index in [9.17, 15) is 9.90 Å². The Kier molecular flexibility index (Phi) is 10.3. The van der Waals surface area contributed by atoms with Crippen molar-refractivity contribution in [2.24, 2.45) is 0 Å². The van der Waals surface area contributed by atoms with Crippen LogP contribution in [0.5, 0.6) is 0 Å². The number of nitrogens with one attached hydrogen (secondary N) is 1. The van der Waals surface area contributed by atoms with Gasteiger partial charge in [-0.3, -0.25) is 14.7 Å². The molecule has 2 aliphatic heterocycles. The molecule has 2 fully saturated rings. The molecule has 7 rings (SSSR count). The first kappa shape index (κ1) is 32.5. The number of pyridine rings is 1. The van der Waals surface area contributed by atoms with Gasteiger partial charge >= 0.3 is 0 Å². The highest BCUT2D eigenvalue weighted by atomic mass is 16.7. The van der Waals surface area contributed by atoms with Crippen molar-refractivity contribution in [3.63, 3.8) is 0 Å². The molecule has 250 valence electrons. The van der Waals surface area contributed by atoms with Gasteiger partial charge in [0.25, 0.3) is 5.91 Å². The second kappa shape index (κ2) is 15.5. The van der Waals surface area contributed by atoms with Gasteiger partial charge in [0.05, 0.1) is 24.4 Å². The third-order valence-electron chi connectivity index (χ3n) is 9.10. The van der Waals surface area contributed by atoms with E-state index in [0.29, 0.717) is 12.1 Å². The van der Waals surface area contributed by atoms with Crippen LogP contribution in [0.25, 0.3) is 11.1 Å². The fraction of sp³-hybridized carbons (Fsp3) is 0.282. The Bertz CT molecular complexity index is 1800. The van der Waals surface area contributed by atoms with Crippen molar-refractivity contribution in [1.82, 2.24) is 25.2 Å². The molecule has 4 heterocycles. The highest BCUT2D eigenvalue weighted by Crippen LogP contribution is 2.39. The third kappa shape index (κ3) is 8.18. The molecule has 3 unspecified atom stereocenters. The van der Waals surface area contributed by atoms with Crippen molar-refractivity contribution in [3.8, 4) is 11.1 Å². The van der Waals surface area contributed by atoms with E-state index in [1.807, 2.05) is 42.5 Å². The van der Waals surface area contributed by atoms with E-state index in [2.05, 4.69) is 66.5 Å². The van der Waals surface area contributed by atoms with Crippen molar-refractivity contribution >= 4 is 11.9 Å². The lowest BCUT2D eigenvalue weighted by Crippen LogP contribution is -2.50. The smallest absolute Gasteiger partial charge is 0.253 e. The van der Waals surface area contributed by atoms with Crippen LogP contribution in [0.2, 0.25) is 0 Å². The van der Waals surface area contributed by atoms with Gasteiger partial charge in [0, 0.05) is 76.0 Å². The number of hydrogen-bond donors (Lipinski definition) is 2. The Balaban J connectivity index is 1.03. The molecule has 0 aliphatic carbocycles. The van der Waals surface area contributed by atoms with Crippen LogP contribution in [0.4, 0.5) is 5.95 Å². The van der Waals surface area contributed by atoms with Crippen LogP contribution < -0.4 is 10.2 Å². The SMILES string of the molecule is O=C(NCc1cccc(-c2ccc(C3OC(CN4CCN(c5ncccn5)CC4)CC(c4ccc(CO)cc4)O3)cc2)c1)c1cccnc1. The van der Waals surface area contributed by atoms with E-state index in [4.69, 9.17) is 9.47 Å². The number of aliphatic hydroxyl groups is 1. The van der Waals surface area contributed by atoms with Gasteiger partial charge in [0.2, 0.25) is 5.95 Å². The highest BCUT2D eigenvalue weighted by molar-refractivity contribution is 5.93. The summed E-state index contributed by atoms with van der Waals surface area (Å²) < 4.78 is 13.3. The molecule has 0 bridgehead atoms. The quantitative estimate of drug-likeness (QED) is 0.206. The number of carbonyl (C=O) groups is 1. The Morgan fingerprint density at radius 3 is 2.31 bits per heavy atom. The van der Waals surface area contributed by atoms with Gasteiger partial charge in [0.1, 0.15) is 0 Å². The van der Waals surface area contributed by atoms with E-state index in [0.717, 1.165) is 78.5 Å². The predicted octanol–water partition coefficient (Wildman–Crippen LogP) is 5.33. The van der Waals surface area contributed by atoms with Crippen molar-refractivity contribution < 1.29 is 19.4 Å². The molecule has 3 aromatic carbocycles. The highest BCUT2D eigenvalue weighted by Gasteiger charge is 2.34. The molecule has 2 saturated heterocycles. The molecule has 0 radical (unpaired) electrons. The summed E-state index contributed by atoms with van der Waals surface area (Å²) in [6.07, 6.45) is 6.82. The van der Waals surface area contributed by atoms with E-state index in [1.165, 1.54) is 0 Å². The van der Waals surface area contributed by atoms with Gasteiger partial charge < -0.3 is 24.8 Å². The van der Waals surface area contributed by atoms with Crippen LogP contribution in [0.15, 0.2) is 116 Å². The van der Waals surface area contributed by atoms with Gasteiger partial charge in [0.15, 0.2) is 6.29 Å². The molecule has 0 spiro atoms. The summed E-state index contributed by atoms with van der Waals surface area (Å²) in [7, 11) is 0. The van der Waals surface area contributed by atoms with Crippen LogP contribution in [0, 0.1) is 0 Å². The maximum atomic E-state index is 12.5. The molecule has 2 aromatic heterocycles. The maximum Gasteiger partial charge on any atom is 0.253 e. The number of hydrogen-bond acceptors (Lipinski definition) is 9. The number of benzene rings is 3. The number of nitrogens with zero attached hydrogens (tertiary/aromatic N) is 5. The molecule has 10 nitrogen and oxygen atoms in total. The van der Waals surface area contributed by atoms with Crippen LogP contribution in [0.1, 0.15) is 51.4 Å². The van der Waals surface area contributed by atoms with Gasteiger partial charge in [-0.1, -0.05) is 66.7 Å². The minimum Gasteiger partial charge on any atom is -0.392 e. The van der Waals surface area contributed by atoms with Crippen molar-refractivity contribution in [3.05, 3.63) is 144 Å². The first-order valence-electron chi connectivity index (χ1n) is 16.7. The fourth-order valence-electron chi connectivity index (χ4n) is 6.38. The van der Waals surface area contributed by atoms with Crippen LogP contribution >= 0.6 is 0 Å². The number of aromatic nitrogens is 3. The number of amides is 1. The minimum absolute atomic E-state index is 0.00938.